The lowest BCUT2D eigenvalue weighted by atomic mass is 9.95. The SMILES string of the molecule is CCOC(CC)(CC)c1nc(C)cc(CO)n1. The van der Waals surface area contributed by atoms with Crippen LogP contribution in [0.5, 0.6) is 0 Å². The third kappa shape index (κ3) is 3.01. The molecule has 1 aromatic heterocycles. The highest BCUT2D eigenvalue weighted by atomic mass is 16.5. The van der Waals surface area contributed by atoms with E-state index in [9.17, 15) is 5.11 Å². The smallest absolute Gasteiger partial charge is 0.160 e. The molecule has 0 fully saturated rings. The molecule has 4 heteroatoms. The molecule has 1 heterocycles. The van der Waals surface area contributed by atoms with E-state index in [-0.39, 0.29) is 6.61 Å². The molecule has 1 rings (SSSR count). The van der Waals surface area contributed by atoms with Gasteiger partial charge < -0.3 is 9.84 Å². The average molecular weight is 238 g/mol. The van der Waals surface area contributed by atoms with Crippen LogP contribution in [0.15, 0.2) is 6.07 Å². The van der Waals surface area contributed by atoms with Crippen molar-refractivity contribution >= 4 is 0 Å². The number of hydrogen-bond donors (Lipinski definition) is 1. The molecule has 0 aliphatic carbocycles. The number of aliphatic hydroxyl groups is 1. The van der Waals surface area contributed by atoms with Crippen molar-refractivity contribution in [3.8, 4) is 0 Å². The van der Waals surface area contributed by atoms with E-state index in [0.29, 0.717) is 18.1 Å². The fourth-order valence-corrected chi connectivity index (χ4v) is 2.03. The molecular weight excluding hydrogens is 216 g/mol. The standard InChI is InChI=1S/C13H22N2O2/c1-5-13(6-2,17-7-3)12-14-10(4)8-11(9-16)15-12/h8,16H,5-7,9H2,1-4H3. The van der Waals surface area contributed by atoms with Gasteiger partial charge in [0.2, 0.25) is 0 Å². The van der Waals surface area contributed by atoms with Crippen molar-refractivity contribution in [1.82, 2.24) is 9.97 Å². The van der Waals surface area contributed by atoms with Gasteiger partial charge in [0.1, 0.15) is 5.60 Å². The summed E-state index contributed by atoms with van der Waals surface area (Å²) in [7, 11) is 0. The summed E-state index contributed by atoms with van der Waals surface area (Å²) in [6, 6.07) is 1.80. The molecule has 17 heavy (non-hydrogen) atoms. The third-order valence-corrected chi connectivity index (χ3v) is 3.04. The van der Waals surface area contributed by atoms with E-state index in [1.165, 1.54) is 0 Å². The van der Waals surface area contributed by atoms with Gasteiger partial charge in [-0.1, -0.05) is 13.8 Å². The minimum absolute atomic E-state index is 0.0635. The third-order valence-electron chi connectivity index (χ3n) is 3.04. The molecule has 0 spiro atoms. The zero-order chi connectivity index (χ0) is 12.9. The van der Waals surface area contributed by atoms with Crippen molar-refractivity contribution in [2.75, 3.05) is 6.61 Å². The second-order valence-electron chi connectivity index (χ2n) is 4.12. The Morgan fingerprint density at radius 1 is 1.24 bits per heavy atom. The lowest BCUT2D eigenvalue weighted by Gasteiger charge is -2.30. The fourth-order valence-electron chi connectivity index (χ4n) is 2.03. The monoisotopic (exact) mass is 238 g/mol. The van der Waals surface area contributed by atoms with Crippen LogP contribution in [0.4, 0.5) is 0 Å². The second kappa shape index (κ2) is 6.07. The molecule has 0 amide bonds. The molecule has 0 bridgehead atoms. The van der Waals surface area contributed by atoms with E-state index in [0.717, 1.165) is 18.5 Å². The first kappa shape index (κ1) is 14.1. The number of hydrogen-bond acceptors (Lipinski definition) is 4. The molecule has 0 saturated carbocycles. The van der Waals surface area contributed by atoms with Crippen LogP contribution >= 0.6 is 0 Å². The topological polar surface area (TPSA) is 55.2 Å². The van der Waals surface area contributed by atoms with Crippen LogP contribution in [0.1, 0.15) is 50.8 Å². The number of aryl methyl sites for hydroxylation is 1. The Kier molecular flexibility index (Phi) is 5.02. The summed E-state index contributed by atoms with van der Waals surface area (Å²) in [5.74, 6) is 0.688. The summed E-state index contributed by atoms with van der Waals surface area (Å²) < 4.78 is 5.86. The quantitative estimate of drug-likeness (QED) is 0.826. The molecule has 1 N–H and O–H groups in total. The molecule has 1 aromatic rings. The summed E-state index contributed by atoms with van der Waals surface area (Å²) in [4.78, 5) is 8.87. The second-order valence-corrected chi connectivity index (χ2v) is 4.12. The average Bonchev–Trinajstić information content (AvgIpc) is 2.35. The van der Waals surface area contributed by atoms with Crippen LogP contribution in [0.25, 0.3) is 0 Å². The molecule has 0 aliphatic heterocycles. The van der Waals surface area contributed by atoms with Crippen molar-refractivity contribution in [3.63, 3.8) is 0 Å². The molecule has 0 atom stereocenters. The van der Waals surface area contributed by atoms with E-state index in [2.05, 4.69) is 23.8 Å². The number of nitrogens with zero attached hydrogens (tertiary/aromatic N) is 2. The number of aliphatic hydroxyl groups excluding tert-OH is 1. The summed E-state index contributed by atoms with van der Waals surface area (Å²) >= 11 is 0. The molecule has 4 nitrogen and oxygen atoms in total. The van der Waals surface area contributed by atoms with Gasteiger partial charge in [0, 0.05) is 12.3 Å². The van der Waals surface area contributed by atoms with E-state index >= 15 is 0 Å². The predicted octanol–water partition coefficient (Wildman–Crippen LogP) is 2.33. The summed E-state index contributed by atoms with van der Waals surface area (Å²) in [5, 5.41) is 9.20. The van der Waals surface area contributed by atoms with Crippen LogP contribution in [-0.4, -0.2) is 21.7 Å². The van der Waals surface area contributed by atoms with E-state index in [1.54, 1.807) is 6.07 Å². The van der Waals surface area contributed by atoms with E-state index < -0.39 is 5.60 Å². The summed E-state index contributed by atoms with van der Waals surface area (Å²) in [6.07, 6.45) is 1.65. The molecule has 96 valence electrons. The largest absolute Gasteiger partial charge is 0.390 e. The fraction of sp³-hybridized carbons (Fsp3) is 0.692. The summed E-state index contributed by atoms with van der Waals surface area (Å²) in [5.41, 5.74) is 1.09. The first-order valence-electron chi connectivity index (χ1n) is 6.21. The number of rotatable bonds is 6. The lowest BCUT2D eigenvalue weighted by molar-refractivity contribution is -0.0575. The van der Waals surface area contributed by atoms with Crippen LogP contribution in [-0.2, 0) is 16.9 Å². The van der Waals surface area contributed by atoms with Gasteiger partial charge in [0.15, 0.2) is 5.82 Å². The Bertz CT molecular complexity index is 362. The zero-order valence-electron chi connectivity index (χ0n) is 11.2. The van der Waals surface area contributed by atoms with Crippen molar-refractivity contribution in [2.45, 2.75) is 52.7 Å². The first-order chi connectivity index (χ1) is 8.11. The maximum atomic E-state index is 9.20. The van der Waals surface area contributed by atoms with Gasteiger partial charge in [0.25, 0.3) is 0 Å². The van der Waals surface area contributed by atoms with Crippen LogP contribution < -0.4 is 0 Å². The Morgan fingerprint density at radius 2 is 1.88 bits per heavy atom. The molecule has 0 saturated heterocycles. The van der Waals surface area contributed by atoms with Crippen molar-refractivity contribution < 1.29 is 9.84 Å². The van der Waals surface area contributed by atoms with E-state index in [1.807, 2.05) is 13.8 Å². The van der Waals surface area contributed by atoms with Gasteiger partial charge in [0.05, 0.1) is 12.3 Å². The maximum Gasteiger partial charge on any atom is 0.160 e. The number of ether oxygens (including phenoxy) is 1. The molecular formula is C13H22N2O2. The van der Waals surface area contributed by atoms with Gasteiger partial charge in [-0.3, -0.25) is 0 Å². The number of aromatic nitrogens is 2. The zero-order valence-corrected chi connectivity index (χ0v) is 11.2. The summed E-state index contributed by atoms with van der Waals surface area (Å²) in [6.45, 7) is 8.60. The molecule has 0 aliphatic rings. The van der Waals surface area contributed by atoms with Crippen LogP contribution in [0, 0.1) is 6.92 Å². The van der Waals surface area contributed by atoms with Crippen LogP contribution in [0.3, 0.4) is 0 Å². The minimum Gasteiger partial charge on any atom is -0.390 e. The van der Waals surface area contributed by atoms with Crippen LogP contribution in [0.2, 0.25) is 0 Å². The van der Waals surface area contributed by atoms with Crippen molar-refractivity contribution in [1.29, 1.82) is 0 Å². The Balaban J connectivity index is 3.21. The Morgan fingerprint density at radius 3 is 2.35 bits per heavy atom. The van der Waals surface area contributed by atoms with Gasteiger partial charge in [-0.2, -0.15) is 0 Å². The predicted molar refractivity (Wildman–Crippen MR) is 66.6 cm³/mol. The highest BCUT2D eigenvalue weighted by Crippen LogP contribution is 2.30. The van der Waals surface area contributed by atoms with E-state index in [4.69, 9.17) is 4.74 Å². The van der Waals surface area contributed by atoms with Gasteiger partial charge in [-0.05, 0) is 32.8 Å². The molecule has 0 aromatic carbocycles. The Hall–Kier alpha value is -1.00. The molecule has 0 unspecified atom stereocenters. The van der Waals surface area contributed by atoms with Crippen molar-refractivity contribution in [3.05, 3.63) is 23.3 Å². The van der Waals surface area contributed by atoms with Gasteiger partial charge in [-0.25, -0.2) is 9.97 Å². The normalized spacial score (nSPS) is 11.8. The minimum atomic E-state index is -0.426. The van der Waals surface area contributed by atoms with Crippen molar-refractivity contribution in [2.24, 2.45) is 0 Å². The Labute approximate surface area is 103 Å². The molecule has 0 radical (unpaired) electrons. The highest BCUT2D eigenvalue weighted by Gasteiger charge is 2.32. The highest BCUT2D eigenvalue weighted by molar-refractivity contribution is 5.13. The van der Waals surface area contributed by atoms with Gasteiger partial charge >= 0.3 is 0 Å². The van der Waals surface area contributed by atoms with Gasteiger partial charge in [-0.15, -0.1) is 0 Å². The first-order valence-corrected chi connectivity index (χ1v) is 6.21. The maximum absolute atomic E-state index is 9.20. The lowest BCUT2D eigenvalue weighted by Crippen LogP contribution is -2.31.